The predicted molar refractivity (Wildman–Crippen MR) is 115 cm³/mol. The summed E-state index contributed by atoms with van der Waals surface area (Å²) in [4.78, 5) is 35.1. The fourth-order valence-electron chi connectivity index (χ4n) is 3.82. The van der Waals surface area contributed by atoms with E-state index in [1.807, 2.05) is 36.9 Å². The first kappa shape index (κ1) is 19.9. The van der Waals surface area contributed by atoms with Crippen LogP contribution < -0.4 is 10.1 Å². The monoisotopic (exact) mass is 406 g/mol. The van der Waals surface area contributed by atoms with Gasteiger partial charge in [0.05, 0.1) is 24.2 Å². The Morgan fingerprint density at radius 1 is 1.17 bits per heavy atom. The van der Waals surface area contributed by atoms with Gasteiger partial charge in [-0.3, -0.25) is 9.59 Å². The normalized spacial score (nSPS) is 14.7. The van der Waals surface area contributed by atoms with Gasteiger partial charge >= 0.3 is 0 Å². The standard InChI is InChI=1S/C23H26N4O3/c1-14-12-16(6-8-18(14)23(29)27-10-4-5-11-27)22(28)24-15(2)21-25-19-9-7-17(30-3)13-20(19)26-21/h6-9,12-13,15H,4-5,10-11H2,1-3H3,(H,24,28)(H,25,26). The first-order valence-corrected chi connectivity index (χ1v) is 10.2. The first-order chi connectivity index (χ1) is 14.5. The molecular weight excluding hydrogens is 380 g/mol. The zero-order valence-corrected chi connectivity index (χ0v) is 17.5. The third-order valence-electron chi connectivity index (χ3n) is 5.58. The Morgan fingerprint density at radius 3 is 2.63 bits per heavy atom. The number of aromatic amines is 1. The van der Waals surface area contributed by atoms with Gasteiger partial charge in [-0.25, -0.2) is 4.98 Å². The van der Waals surface area contributed by atoms with Crippen LogP contribution in [-0.2, 0) is 0 Å². The number of H-pyrrole nitrogens is 1. The third-order valence-corrected chi connectivity index (χ3v) is 5.58. The number of carbonyl (C=O) groups excluding carboxylic acids is 2. The summed E-state index contributed by atoms with van der Waals surface area (Å²) in [5.41, 5.74) is 3.66. The van der Waals surface area contributed by atoms with Crippen molar-refractivity contribution in [2.75, 3.05) is 20.2 Å². The van der Waals surface area contributed by atoms with Crippen LogP contribution in [0.3, 0.4) is 0 Å². The van der Waals surface area contributed by atoms with Crippen LogP contribution in [0.2, 0.25) is 0 Å². The summed E-state index contributed by atoms with van der Waals surface area (Å²) in [6.07, 6.45) is 2.11. The summed E-state index contributed by atoms with van der Waals surface area (Å²) in [5.74, 6) is 1.25. The van der Waals surface area contributed by atoms with Crippen molar-refractivity contribution >= 4 is 22.8 Å². The number of likely N-dealkylation sites (tertiary alicyclic amines) is 1. The summed E-state index contributed by atoms with van der Waals surface area (Å²) in [7, 11) is 1.62. The topological polar surface area (TPSA) is 87.3 Å². The molecule has 2 heterocycles. The van der Waals surface area contributed by atoms with Crippen LogP contribution in [0, 0.1) is 6.92 Å². The van der Waals surface area contributed by atoms with Crippen LogP contribution in [-0.4, -0.2) is 46.9 Å². The number of benzene rings is 2. The smallest absolute Gasteiger partial charge is 0.254 e. The van der Waals surface area contributed by atoms with Crippen LogP contribution in [0.4, 0.5) is 0 Å². The zero-order valence-electron chi connectivity index (χ0n) is 17.5. The molecule has 1 atom stereocenters. The molecule has 3 aromatic rings. The van der Waals surface area contributed by atoms with Gasteiger partial charge in [-0.05, 0) is 62.6 Å². The van der Waals surface area contributed by atoms with Crippen molar-refractivity contribution in [2.45, 2.75) is 32.7 Å². The van der Waals surface area contributed by atoms with E-state index in [0.29, 0.717) is 17.0 Å². The van der Waals surface area contributed by atoms with Crippen molar-refractivity contribution in [3.05, 3.63) is 58.9 Å². The highest BCUT2D eigenvalue weighted by molar-refractivity contribution is 5.99. The van der Waals surface area contributed by atoms with Crippen molar-refractivity contribution in [1.82, 2.24) is 20.2 Å². The van der Waals surface area contributed by atoms with Crippen molar-refractivity contribution in [2.24, 2.45) is 0 Å². The molecule has 2 aromatic carbocycles. The maximum absolute atomic E-state index is 12.8. The zero-order chi connectivity index (χ0) is 21.3. The number of fused-ring (bicyclic) bond motifs is 1. The predicted octanol–water partition coefficient (Wildman–Crippen LogP) is 3.61. The summed E-state index contributed by atoms with van der Waals surface area (Å²) in [6, 6.07) is 10.5. The molecule has 1 aromatic heterocycles. The van der Waals surface area contributed by atoms with Gasteiger partial charge in [0.15, 0.2) is 0 Å². The van der Waals surface area contributed by atoms with E-state index in [0.717, 1.165) is 48.3 Å². The highest BCUT2D eigenvalue weighted by Crippen LogP contribution is 2.22. The second-order valence-electron chi connectivity index (χ2n) is 7.73. The highest BCUT2D eigenvalue weighted by atomic mass is 16.5. The van der Waals surface area contributed by atoms with Gasteiger partial charge in [-0.1, -0.05) is 0 Å². The van der Waals surface area contributed by atoms with Crippen LogP contribution in [0.1, 0.15) is 57.9 Å². The molecule has 0 spiro atoms. The molecule has 30 heavy (non-hydrogen) atoms. The molecule has 1 aliphatic rings. The van der Waals surface area contributed by atoms with Crippen LogP contribution in [0.15, 0.2) is 36.4 Å². The van der Waals surface area contributed by atoms with E-state index in [-0.39, 0.29) is 17.9 Å². The molecular formula is C23H26N4O3. The van der Waals surface area contributed by atoms with Crippen molar-refractivity contribution < 1.29 is 14.3 Å². The van der Waals surface area contributed by atoms with Crippen LogP contribution in [0.25, 0.3) is 11.0 Å². The van der Waals surface area contributed by atoms with Gasteiger partial charge in [0.2, 0.25) is 0 Å². The Morgan fingerprint density at radius 2 is 1.93 bits per heavy atom. The Hall–Kier alpha value is -3.35. The second-order valence-corrected chi connectivity index (χ2v) is 7.73. The number of nitrogens with one attached hydrogen (secondary N) is 2. The minimum Gasteiger partial charge on any atom is -0.497 e. The molecule has 0 bridgehead atoms. The number of amides is 2. The van der Waals surface area contributed by atoms with Crippen molar-refractivity contribution in [1.29, 1.82) is 0 Å². The molecule has 1 fully saturated rings. The maximum Gasteiger partial charge on any atom is 0.254 e. The second kappa shape index (κ2) is 8.18. The molecule has 7 nitrogen and oxygen atoms in total. The van der Waals surface area contributed by atoms with Crippen molar-refractivity contribution in [3.63, 3.8) is 0 Å². The number of imidazole rings is 1. The Balaban J connectivity index is 1.48. The summed E-state index contributed by atoms with van der Waals surface area (Å²) in [5, 5.41) is 2.97. The highest BCUT2D eigenvalue weighted by Gasteiger charge is 2.22. The summed E-state index contributed by atoms with van der Waals surface area (Å²) >= 11 is 0. The Kier molecular flexibility index (Phi) is 5.44. The lowest BCUT2D eigenvalue weighted by Gasteiger charge is -2.17. The van der Waals surface area contributed by atoms with Crippen LogP contribution in [0.5, 0.6) is 5.75 Å². The lowest BCUT2D eigenvalue weighted by atomic mass is 10.0. The number of hydrogen-bond donors (Lipinski definition) is 2. The molecule has 0 saturated carbocycles. The summed E-state index contributed by atoms with van der Waals surface area (Å²) in [6.45, 7) is 5.37. The lowest BCUT2D eigenvalue weighted by molar-refractivity contribution is 0.0791. The Labute approximate surface area is 175 Å². The van der Waals surface area contributed by atoms with Crippen molar-refractivity contribution in [3.8, 4) is 5.75 Å². The maximum atomic E-state index is 12.8. The quantitative estimate of drug-likeness (QED) is 0.678. The SMILES string of the molecule is COc1ccc2nc(C(C)NC(=O)c3ccc(C(=O)N4CCCC4)c(C)c3)[nH]c2c1. The van der Waals surface area contributed by atoms with E-state index in [1.165, 1.54) is 0 Å². The van der Waals surface area contributed by atoms with Gasteiger partial charge in [-0.15, -0.1) is 0 Å². The number of aromatic nitrogens is 2. The number of carbonyl (C=O) groups is 2. The minimum absolute atomic E-state index is 0.0445. The minimum atomic E-state index is -0.304. The molecule has 7 heteroatoms. The van der Waals surface area contributed by atoms with E-state index in [1.54, 1.807) is 25.3 Å². The first-order valence-electron chi connectivity index (χ1n) is 10.2. The van der Waals surface area contributed by atoms with Crippen LogP contribution >= 0.6 is 0 Å². The molecule has 1 aliphatic heterocycles. The largest absolute Gasteiger partial charge is 0.497 e. The summed E-state index contributed by atoms with van der Waals surface area (Å²) < 4.78 is 5.24. The van der Waals surface area contributed by atoms with E-state index in [4.69, 9.17) is 4.74 Å². The molecule has 1 saturated heterocycles. The molecule has 1 unspecified atom stereocenters. The molecule has 0 aliphatic carbocycles. The number of aryl methyl sites for hydroxylation is 1. The number of rotatable bonds is 5. The van der Waals surface area contributed by atoms with E-state index >= 15 is 0 Å². The Bertz CT molecular complexity index is 1100. The average Bonchev–Trinajstić information content (AvgIpc) is 3.42. The van der Waals surface area contributed by atoms with E-state index in [2.05, 4.69) is 15.3 Å². The number of ether oxygens (including phenoxy) is 1. The van der Waals surface area contributed by atoms with Gasteiger partial charge in [0.1, 0.15) is 11.6 Å². The molecule has 2 N–H and O–H groups in total. The third kappa shape index (κ3) is 3.87. The fourth-order valence-corrected chi connectivity index (χ4v) is 3.82. The fraction of sp³-hybridized carbons (Fsp3) is 0.348. The lowest BCUT2D eigenvalue weighted by Crippen LogP contribution is -2.29. The van der Waals surface area contributed by atoms with E-state index < -0.39 is 0 Å². The van der Waals surface area contributed by atoms with Gasteiger partial charge in [0.25, 0.3) is 11.8 Å². The average molecular weight is 406 g/mol. The number of nitrogens with zero attached hydrogens (tertiary/aromatic N) is 2. The van der Waals surface area contributed by atoms with Gasteiger partial charge in [-0.2, -0.15) is 0 Å². The van der Waals surface area contributed by atoms with Gasteiger partial charge < -0.3 is 19.9 Å². The molecule has 4 rings (SSSR count). The molecule has 0 radical (unpaired) electrons. The number of methoxy groups -OCH3 is 1. The molecule has 2 amide bonds. The van der Waals surface area contributed by atoms with Gasteiger partial charge in [0, 0.05) is 30.3 Å². The molecule has 156 valence electrons. The van der Waals surface area contributed by atoms with E-state index in [9.17, 15) is 9.59 Å². The number of hydrogen-bond acceptors (Lipinski definition) is 4.